The fourth-order valence-corrected chi connectivity index (χ4v) is 3.30. The molecule has 2 rings (SSSR count). The van der Waals surface area contributed by atoms with Crippen LogP contribution in [0.4, 0.5) is 5.69 Å². The first-order valence-electron chi connectivity index (χ1n) is 10.4. The minimum absolute atomic E-state index is 0. The van der Waals surface area contributed by atoms with Gasteiger partial charge in [0.15, 0.2) is 5.96 Å². The molecule has 0 radical (unpaired) electrons. The molecule has 0 spiro atoms. The van der Waals surface area contributed by atoms with Crippen molar-refractivity contribution in [3.63, 3.8) is 0 Å². The number of non-ortho nitro benzene ring substituents is 1. The van der Waals surface area contributed by atoms with E-state index in [-0.39, 0.29) is 47.7 Å². The highest BCUT2D eigenvalue weighted by atomic mass is 127. The van der Waals surface area contributed by atoms with Gasteiger partial charge in [0.1, 0.15) is 0 Å². The molecule has 1 aliphatic rings. The Morgan fingerprint density at radius 1 is 1.16 bits per heavy atom. The molecule has 174 valence electrons. The molecule has 0 aromatic heterocycles. The normalized spacial score (nSPS) is 15.0. The zero-order chi connectivity index (χ0) is 22.1. The number of amides is 1. The molecule has 1 fully saturated rings. The molecule has 1 amide bonds. The van der Waals surface area contributed by atoms with Crippen LogP contribution in [0.25, 0.3) is 0 Å². The summed E-state index contributed by atoms with van der Waals surface area (Å²) in [6, 6.07) is 6.34. The van der Waals surface area contributed by atoms with E-state index >= 15 is 0 Å². The van der Waals surface area contributed by atoms with Crippen LogP contribution in [0, 0.1) is 10.1 Å². The minimum atomic E-state index is -0.420. The molecule has 1 aromatic carbocycles. The van der Waals surface area contributed by atoms with Crippen LogP contribution < -0.4 is 10.6 Å². The number of guanidine groups is 1. The average molecular weight is 546 g/mol. The zero-order valence-electron chi connectivity index (χ0n) is 18.9. The molecular weight excluding hydrogens is 511 g/mol. The maximum absolute atomic E-state index is 12.0. The molecule has 31 heavy (non-hydrogen) atoms. The number of halogens is 1. The number of benzene rings is 1. The number of likely N-dealkylation sites (N-methyl/N-ethyl adjacent to an activating group) is 1. The van der Waals surface area contributed by atoms with Gasteiger partial charge in [0, 0.05) is 38.3 Å². The lowest BCUT2D eigenvalue weighted by Gasteiger charge is -2.41. The van der Waals surface area contributed by atoms with Gasteiger partial charge in [0.2, 0.25) is 5.91 Å². The third kappa shape index (κ3) is 8.98. The number of aliphatic imine (C=N–C) groups is 1. The Hall–Kier alpha value is -1.95. The van der Waals surface area contributed by atoms with Crippen molar-refractivity contribution in [2.45, 2.75) is 45.2 Å². The predicted octanol–water partition coefficient (Wildman–Crippen LogP) is 2.60. The van der Waals surface area contributed by atoms with E-state index in [0.717, 1.165) is 18.7 Å². The third-order valence-corrected chi connectivity index (χ3v) is 5.37. The lowest BCUT2D eigenvalue weighted by atomic mass is 9.98. The molecule has 1 heterocycles. The van der Waals surface area contributed by atoms with E-state index in [4.69, 9.17) is 0 Å². The van der Waals surface area contributed by atoms with Crippen LogP contribution >= 0.6 is 24.0 Å². The van der Waals surface area contributed by atoms with Crippen LogP contribution in [0.2, 0.25) is 0 Å². The van der Waals surface area contributed by atoms with E-state index in [0.29, 0.717) is 19.0 Å². The number of piperidine rings is 1. The summed E-state index contributed by atoms with van der Waals surface area (Å²) in [6.07, 6.45) is 3.73. The van der Waals surface area contributed by atoms with E-state index in [9.17, 15) is 14.9 Å². The highest BCUT2D eigenvalue weighted by Gasteiger charge is 2.28. The van der Waals surface area contributed by atoms with Gasteiger partial charge in [-0.3, -0.25) is 19.8 Å². The van der Waals surface area contributed by atoms with Crippen LogP contribution in [0.15, 0.2) is 29.3 Å². The number of carbonyl (C=O) groups excluding carboxylic acids is 1. The van der Waals surface area contributed by atoms with Crippen LogP contribution in [0.5, 0.6) is 0 Å². The molecule has 1 aliphatic heterocycles. The molecule has 1 aromatic rings. The van der Waals surface area contributed by atoms with Crippen molar-refractivity contribution < 1.29 is 9.72 Å². The third-order valence-electron chi connectivity index (χ3n) is 5.37. The summed E-state index contributed by atoms with van der Waals surface area (Å²) in [4.78, 5) is 31.0. The monoisotopic (exact) mass is 546 g/mol. The van der Waals surface area contributed by atoms with Crippen molar-refractivity contribution in [1.29, 1.82) is 0 Å². The van der Waals surface area contributed by atoms with Crippen molar-refractivity contribution in [3.05, 3.63) is 39.9 Å². The van der Waals surface area contributed by atoms with Crippen molar-refractivity contribution in [3.8, 4) is 0 Å². The minimum Gasteiger partial charge on any atom is -0.355 e. The Balaban J connectivity index is 0.00000480. The van der Waals surface area contributed by atoms with Crippen LogP contribution in [-0.4, -0.2) is 72.4 Å². The summed E-state index contributed by atoms with van der Waals surface area (Å²) >= 11 is 0. The van der Waals surface area contributed by atoms with Gasteiger partial charge in [-0.15, -0.1) is 24.0 Å². The SMILES string of the molecule is CN(C)C(=O)CNC(=NCc1ccc([N+](=O)[O-])cc1)NCC(C)(C)N1CCCCC1.I. The average Bonchev–Trinajstić information content (AvgIpc) is 2.73. The molecule has 0 atom stereocenters. The fraction of sp³-hybridized carbons (Fsp3) is 0.619. The number of nitro benzene ring substituents is 1. The van der Waals surface area contributed by atoms with Crippen molar-refractivity contribution >= 4 is 41.5 Å². The standard InChI is InChI=1S/C21H34N6O3.HI/c1-21(2,26-12-6-5-7-13-26)16-24-20(23-15-19(28)25(3)4)22-14-17-8-10-18(11-9-17)27(29)30;/h8-11H,5-7,12-16H2,1-4H3,(H2,22,23,24);1H. The Kier molecular flexibility index (Phi) is 11.2. The van der Waals surface area contributed by atoms with Gasteiger partial charge in [-0.1, -0.05) is 18.6 Å². The molecule has 10 heteroatoms. The van der Waals surface area contributed by atoms with Gasteiger partial charge >= 0.3 is 0 Å². The second kappa shape index (κ2) is 12.8. The maximum atomic E-state index is 12.0. The van der Waals surface area contributed by atoms with Crippen LogP contribution in [-0.2, 0) is 11.3 Å². The smallest absolute Gasteiger partial charge is 0.269 e. The van der Waals surface area contributed by atoms with Crippen molar-refractivity contribution in [2.24, 2.45) is 4.99 Å². The van der Waals surface area contributed by atoms with E-state index in [1.165, 1.54) is 36.3 Å². The van der Waals surface area contributed by atoms with Gasteiger partial charge in [-0.2, -0.15) is 0 Å². The highest BCUT2D eigenvalue weighted by Crippen LogP contribution is 2.19. The molecule has 0 aliphatic carbocycles. The second-order valence-corrected chi connectivity index (χ2v) is 8.44. The Bertz CT molecular complexity index is 746. The first kappa shape index (κ1) is 27.1. The first-order valence-corrected chi connectivity index (χ1v) is 10.4. The number of hydrogen-bond acceptors (Lipinski definition) is 5. The Morgan fingerprint density at radius 3 is 2.32 bits per heavy atom. The van der Waals surface area contributed by atoms with E-state index in [1.807, 2.05) is 0 Å². The fourth-order valence-electron chi connectivity index (χ4n) is 3.30. The van der Waals surface area contributed by atoms with E-state index < -0.39 is 4.92 Å². The number of rotatable bonds is 8. The molecule has 1 saturated heterocycles. The lowest BCUT2D eigenvalue weighted by Crippen LogP contribution is -2.55. The van der Waals surface area contributed by atoms with Gasteiger partial charge in [0.25, 0.3) is 5.69 Å². The largest absolute Gasteiger partial charge is 0.355 e. The molecular formula is C21H35IN6O3. The predicted molar refractivity (Wildman–Crippen MR) is 134 cm³/mol. The summed E-state index contributed by atoms with van der Waals surface area (Å²) in [5.41, 5.74) is 0.872. The Labute approximate surface area is 201 Å². The van der Waals surface area contributed by atoms with Crippen LogP contribution in [0.1, 0.15) is 38.7 Å². The maximum Gasteiger partial charge on any atom is 0.269 e. The summed E-state index contributed by atoms with van der Waals surface area (Å²) in [5, 5.41) is 17.3. The Morgan fingerprint density at radius 2 is 1.77 bits per heavy atom. The van der Waals surface area contributed by atoms with Crippen molar-refractivity contribution in [2.75, 3.05) is 40.3 Å². The molecule has 9 nitrogen and oxygen atoms in total. The van der Waals surface area contributed by atoms with Crippen LogP contribution in [0.3, 0.4) is 0 Å². The van der Waals surface area contributed by atoms with Gasteiger partial charge in [-0.05, 0) is 45.3 Å². The quantitative estimate of drug-likeness (QED) is 0.171. The number of hydrogen-bond donors (Lipinski definition) is 2. The van der Waals surface area contributed by atoms with E-state index in [2.05, 4.69) is 34.4 Å². The number of nitrogens with zero attached hydrogens (tertiary/aromatic N) is 4. The molecule has 0 unspecified atom stereocenters. The highest BCUT2D eigenvalue weighted by molar-refractivity contribution is 14.0. The van der Waals surface area contributed by atoms with E-state index in [1.54, 1.807) is 26.2 Å². The molecule has 2 N–H and O–H groups in total. The number of likely N-dealkylation sites (tertiary alicyclic amines) is 1. The number of nitrogens with one attached hydrogen (secondary N) is 2. The molecule has 0 saturated carbocycles. The summed E-state index contributed by atoms with van der Waals surface area (Å²) in [5.74, 6) is 0.503. The van der Waals surface area contributed by atoms with Crippen molar-refractivity contribution in [1.82, 2.24) is 20.4 Å². The van der Waals surface area contributed by atoms with Gasteiger partial charge in [0.05, 0.1) is 18.0 Å². The zero-order valence-corrected chi connectivity index (χ0v) is 21.2. The van der Waals surface area contributed by atoms with Gasteiger partial charge < -0.3 is 15.5 Å². The topological polar surface area (TPSA) is 103 Å². The second-order valence-electron chi connectivity index (χ2n) is 8.44. The molecule has 0 bridgehead atoms. The summed E-state index contributed by atoms with van der Waals surface area (Å²) in [7, 11) is 3.43. The number of nitro groups is 1. The summed E-state index contributed by atoms with van der Waals surface area (Å²) < 4.78 is 0. The lowest BCUT2D eigenvalue weighted by molar-refractivity contribution is -0.384. The number of carbonyl (C=O) groups is 1. The summed E-state index contributed by atoms with van der Waals surface area (Å²) in [6.45, 7) is 7.80. The van der Waals surface area contributed by atoms with Gasteiger partial charge in [-0.25, -0.2) is 4.99 Å². The first-order chi connectivity index (χ1) is 14.2.